The molecule has 11 heteroatoms. The molecule has 0 unspecified atom stereocenters. The van der Waals surface area contributed by atoms with Crippen molar-refractivity contribution in [3.8, 4) is 17.1 Å². The first kappa shape index (κ1) is 25.9. The Kier molecular flexibility index (Phi) is 7.54. The second-order valence-corrected chi connectivity index (χ2v) is 10.7. The molecule has 9 nitrogen and oxygen atoms in total. The van der Waals surface area contributed by atoms with Gasteiger partial charge in [0.15, 0.2) is 17.0 Å². The second-order valence-electron chi connectivity index (χ2n) is 9.81. The van der Waals surface area contributed by atoms with Crippen LogP contribution < -0.4 is 10.2 Å². The van der Waals surface area contributed by atoms with Crippen molar-refractivity contribution in [2.75, 3.05) is 50.8 Å². The number of fused-ring (bicyclic) bond motifs is 1. The molecule has 202 valence electrons. The number of nitrogens with one attached hydrogen (secondary N) is 1. The number of halogens is 2. The average Bonchev–Trinajstić information content (AvgIpc) is 3.37. The van der Waals surface area contributed by atoms with E-state index in [0.29, 0.717) is 65.7 Å². The molecule has 4 heterocycles. The Bertz CT molecular complexity index is 1460. The summed E-state index contributed by atoms with van der Waals surface area (Å²) >= 11 is 12.8. The van der Waals surface area contributed by atoms with Crippen LogP contribution in [0, 0.1) is 5.92 Å². The molecule has 39 heavy (non-hydrogen) atoms. The summed E-state index contributed by atoms with van der Waals surface area (Å²) in [5.41, 5.74) is 3.02. The standard InChI is InChI=1S/C28H29Cl2N7O2/c29-20-5-7-21(8-6-20)37-25(22-3-1-2-4-23(22)30)34-24-26(32-18-33-27(24)37)35-11-13-36(14-12-35)28(38)31-17-19-9-15-39-16-10-19/h1-8,18-19H,9-17H2,(H,31,38). The summed E-state index contributed by atoms with van der Waals surface area (Å²) in [4.78, 5) is 31.1. The van der Waals surface area contributed by atoms with Crippen LogP contribution in [0.3, 0.4) is 0 Å². The summed E-state index contributed by atoms with van der Waals surface area (Å²) in [5, 5.41) is 4.35. The van der Waals surface area contributed by atoms with Crippen molar-refractivity contribution >= 4 is 46.2 Å². The van der Waals surface area contributed by atoms with Gasteiger partial charge >= 0.3 is 6.03 Å². The molecule has 2 aliphatic heterocycles. The monoisotopic (exact) mass is 565 g/mol. The maximum Gasteiger partial charge on any atom is 0.317 e. The van der Waals surface area contributed by atoms with E-state index in [4.69, 9.17) is 32.9 Å². The van der Waals surface area contributed by atoms with Crippen molar-refractivity contribution in [2.45, 2.75) is 12.8 Å². The van der Waals surface area contributed by atoms with Gasteiger partial charge < -0.3 is 19.9 Å². The second kappa shape index (κ2) is 11.4. The Labute approximate surface area is 236 Å². The summed E-state index contributed by atoms with van der Waals surface area (Å²) in [6, 6.07) is 15.2. The van der Waals surface area contributed by atoms with Crippen molar-refractivity contribution < 1.29 is 9.53 Å². The van der Waals surface area contributed by atoms with E-state index in [9.17, 15) is 4.79 Å². The average molecular weight is 566 g/mol. The van der Waals surface area contributed by atoms with Gasteiger partial charge in [0.2, 0.25) is 0 Å². The molecule has 2 aliphatic rings. The van der Waals surface area contributed by atoms with Gasteiger partial charge in [-0.3, -0.25) is 4.57 Å². The van der Waals surface area contributed by atoms with E-state index in [0.717, 1.165) is 43.1 Å². The van der Waals surface area contributed by atoms with Crippen LogP contribution in [0.15, 0.2) is 54.9 Å². The van der Waals surface area contributed by atoms with Gasteiger partial charge in [-0.1, -0.05) is 35.3 Å². The van der Waals surface area contributed by atoms with Crippen LogP contribution in [0.5, 0.6) is 0 Å². The zero-order valence-corrected chi connectivity index (χ0v) is 22.9. The first-order valence-electron chi connectivity index (χ1n) is 13.2. The fourth-order valence-electron chi connectivity index (χ4n) is 5.19. The molecule has 2 aromatic heterocycles. The number of hydrogen-bond donors (Lipinski definition) is 1. The lowest BCUT2D eigenvalue weighted by atomic mass is 10.0. The van der Waals surface area contributed by atoms with E-state index >= 15 is 0 Å². The molecular formula is C28H29Cl2N7O2. The molecule has 0 saturated carbocycles. The van der Waals surface area contributed by atoms with E-state index in [1.807, 2.05) is 58.0 Å². The lowest BCUT2D eigenvalue weighted by Gasteiger charge is -2.35. The minimum absolute atomic E-state index is 0.0120. The highest BCUT2D eigenvalue weighted by atomic mass is 35.5. The molecule has 1 N–H and O–H groups in total. The Hall–Kier alpha value is -3.40. The van der Waals surface area contributed by atoms with Gasteiger partial charge in [0.25, 0.3) is 0 Å². The van der Waals surface area contributed by atoms with Gasteiger partial charge in [-0.15, -0.1) is 0 Å². The number of rotatable bonds is 5. The Morgan fingerprint density at radius 3 is 2.46 bits per heavy atom. The number of amides is 2. The lowest BCUT2D eigenvalue weighted by Crippen LogP contribution is -2.52. The number of anilines is 1. The van der Waals surface area contributed by atoms with E-state index < -0.39 is 0 Å². The van der Waals surface area contributed by atoms with Crippen LogP contribution in [-0.2, 0) is 4.74 Å². The van der Waals surface area contributed by atoms with Gasteiger partial charge in [0, 0.05) is 62.2 Å². The third kappa shape index (κ3) is 5.39. The number of carbonyl (C=O) groups is 1. The number of carbonyl (C=O) groups excluding carboxylic acids is 1. The van der Waals surface area contributed by atoms with Crippen molar-refractivity contribution in [1.29, 1.82) is 0 Å². The zero-order chi connectivity index (χ0) is 26.8. The zero-order valence-electron chi connectivity index (χ0n) is 21.4. The molecule has 0 spiro atoms. The third-order valence-corrected chi connectivity index (χ3v) is 7.96. The van der Waals surface area contributed by atoms with Crippen molar-refractivity contribution in [2.24, 2.45) is 5.92 Å². The number of urea groups is 1. The topological polar surface area (TPSA) is 88.4 Å². The maximum absolute atomic E-state index is 12.8. The van der Waals surface area contributed by atoms with Crippen molar-refractivity contribution in [3.63, 3.8) is 0 Å². The highest BCUT2D eigenvalue weighted by Crippen LogP contribution is 2.35. The summed E-state index contributed by atoms with van der Waals surface area (Å²) < 4.78 is 7.40. The SMILES string of the molecule is O=C(NCC1CCOCC1)N1CCN(c2ncnc3c2nc(-c2ccccc2Cl)n3-c2ccc(Cl)cc2)CC1. The number of aromatic nitrogens is 4. The molecule has 2 fully saturated rings. The first-order valence-corrected chi connectivity index (χ1v) is 13.9. The Morgan fingerprint density at radius 1 is 0.974 bits per heavy atom. The molecule has 4 aromatic rings. The number of benzene rings is 2. The van der Waals surface area contributed by atoms with Crippen molar-refractivity contribution in [1.82, 2.24) is 29.7 Å². The van der Waals surface area contributed by atoms with Crippen LogP contribution in [-0.4, -0.2) is 76.4 Å². The molecular weight excluding hydrogens is 537 g/mol. The van der Waals surface area contributed by atoms with Gasteiger partial charge in [0.1, 0.15) is 12.2 Å². The Balaban J connectivity index is 1.27. The highest BCUT2D eigenvalue weighted by Gasteiger charge is 2.27. The van der Waals surface area contributed by atoms with Gasteiger partial charge in [-0.2, -0.15) is 0 Å². The minimum Gasteiger partial charge on any atom is -0.381 e. The fraction of sp³-hybridized carbons (Fsp3) is 0.357. The minimum atomic E-state index is -0.0120. The molecule has 2 amide bonds. The summed E-state index contributed by atoms with van der Waals surface area (Å²) in [6.45, 7) is 4.73. The fourth-order valence-corrected chi connectivity index (χ4v) is 5.53. The quantitative estimate of drug-likeness (QED) is 0.364. The van der Waals surface area contributed by atoms with Crippen LogP contribution in [0.2, 0.25) is 10.0 Å². The number of piperazine rings is 1. The van der Waals surface area contributed by atoms with Gasteiger partial charge in [-0.05, 0) is 55.2 Å². The highest BCUT2D eigenvalue weighted by molar-refractivity contribution is 6.33. The molecule has 0 atom stereocenters. The molecule has 0 bridgehead atoms. The van der Waals surface area contributed by atoms with E-state index in [1.165, 1.54) is 0 Å². The number of ether oxygens (including phenoxy) is 1. The molecule has 0 radical (unpaired) electrons. The normalized spacial score (nSPS) is 16.6. The smallest absolute Gasteiger partial charge is 0.317 e. The van der Waals surface area contributed by atoms with Gasteiger partial charge in [-0.25, -0.2) is 19.7 Å². The van der Waals surface area contributed by atoms with Crippen LogP contribution >= 0.6 is 23.2 Å². The summed E-state index contributed by atoms with van der Waals surface area (Å²) in [5.74, 6) is 1.90. The lowest BCUT2D eigenvalue weighted by molar-refractivity contribution is 0.0663. The predicted molar refractivity (Wildman–Crippen MR) is 153 cm³/mol. The molecule has 6 rings (SSSR count). The van der Waals surface area contributed by atoms with E-state index in [2.05, 4.69) is 20.2 Å². The number of nitrogens with zero attached hydrogens (tertiary/aromatic N) is 6. The first-order chi connectivity index (χ1) is 19.1. The molecule has 0 aliphatic carbocycles. The summed E-state index contributed by atoms with van der Waals surface area (Å²) in [7, 11) is 0. The van der Waals surface area contributed by atoms with E-state index in [-0.39, 0.29) is 6.03 Å². The number of hydrogen-bond acceptors (Lipinski definition) is 6. The largest absolute Gasteiger partial charge is 0.381 e. The predicted octanol–water partition coefficient (Wildman–Crippen LogP) is 5.05. The number of imidazole rings is 1. The molecule has 2 saturated heterocycles. The van der Waals surface area contributed by atoms with E-state index in [1.54, 1.807) is 6.33 Å². The summed E-state index contributed by atoms with van der Waals surface area (Å²) in [6.07, 6.45) is 3.56. The third-order valence-electron chi connectivity index (χ3n) is 7.37. The van der Waals surface area contributed by atoms with Crippen LogP contribution in [0.4, 0.5) is 10.6 Å². The van der Waals surface area contributed by atoms with Gasteiger partial charge in [0.05, 0.1) is 5.02 Å². The Morgan fingerprint density at radius 2 is 1.72 bits per heavy atom. The van der Waals surface area contributed by atoms with Crippen LogP contribution in [0.1, 0.15) is 12.8 Å². The van der Waals surface area contributed by atoms with Crippen LogP contribution in [0.25, 0.3) is 28.2 Å². The van der Waals surface area contributed by atoms with Crippen molar-refractivity contribution in [3.05, 3.63) is 64.9 Å². The maximum atomic E-state index is 12.8. The molecule has 2 aromatic carbocycles.